The van der Waals surface area contributed by atoms with E-state index in [-0.39, 0.29) is 11.5 Å². The Morgan fingerprint density at radius 1 is 0.917 bits per heavy atom. The second kappa shape index (κ2) is 7.13. The van der Waals surface area contributed by atoms with Gasteiger partial charge in [0.15, 0.2) is 5.78 Å². The van der Waals surface area contributed by atoms with E-state index in [1.807, 2.05) is 20.8 Å². The van der Waals surface area contributed by atoms with Crippen LogP contribution in [0.3, 0.4) is 0 Å². The monoisotopic (exact) mass is 324 g/mol. The average molecular weight is 324 g/mol. The number of hydrogen-bond acceptors (Lipinski definition) is 4. The molecule has 0 bridgehead atoms. The van der Waals surface area contributed by atoms with Crippen molar-refractivity contribution < 1.29 is 19.4 Å². The highest BCUT2D eigenvalue weighted by molar-refractivity contribution is 6.09. The van der Waals surface area contributed by atoms with Crippen LogP contribution in [0.2, 0.25) is 0 Å². The summed E-state index contributed by atoms with van der Waals surface area (Å²) in [5, 5.41) is 9.26. The van der Waals surface area contributed by atoms with E-state index in [9.17, 15) is 14.7 Å². The molecule has 0 aliphatic rings. The van der Waals surface area contributed by atoms with Crippen molar-refractivity contribution in [2.24, 2.45) is 0 Å². The SMILES string of the molecule is CC(C)(C)OC(=O)C=Cc1ccc(C(=O)c2ccc(O)cc2)cc1. The van der Waals surface area contributed by atoms with Crippen molar-refractivity contribution >= 4 is 17.8 Å². The molecule has 0 aromatic heterocycles. The second-order valence-electron chi connectivity index (χ2n) is 6.36. The molecule has 4 heteroatoms. The molecule has 0 heterocycles. The maximum absolute atomic E-state index is 12.3. The zero-order valence-electron chi connectivity index (χ0n) is 13.9. The van der Waals surface area contributed by atoms with Crippen molar-refractivity contribution in [2.75, 3.05) is 0 Å². The van der Waals surface area contributed by atoms with Crippen molar-refractivity contribution in [3.63, 3.8) is 0 Å². The van der Waals surface area contributed by atoms with Gasteiger partial charge in [-0.1, -0.05) is 24.3 Å². The minimum atomic E-state index is -0.526. The van der Waals surface area contributed by atoms with Crippen LogP contribution in [0.1, 0.15) is 42.3 Å². The molecular weight excluding hydrogens is 304 g/mol. The molecule has 1 N–H and O–H groups in total. The van der Waals surface area contributed by atoms with Crippen molar-refractivity contribution in [3.05, 3.63) is 71.3 Å². The molecule has 0 saturated carbocycles. The summed E-state index contributed by atoms with van der Waals surface area (Å²) in [5.74, 6) is -0.418. The number of phenols is 1. The first kappa shape index (κ1) is 17.5. The Kier molecular flexibility index (Phi) is 5.19. The number of aromatic hydroxyl groups is 1. The average Bonchev–Trinajstić information content (AvgIpc) is 2.52. The number of esters is 1. The fourth-order valence-electron chi connectivity index (χ4n) is 2.03. The van der Waals surface area contributed by atoms with E-state index in [2.05, 4.69) is 0 Å². The van der Waals surface area contributed by atoms with Gasteiger partial charge in [-0.25, -0.2) is 4.79 Å². The zero-order valence-corrected chi connectivity index (χ0v) is 13.9. The van der Waals surface area contributed by atoms with Gasteiger partial charge in [0.25, 0.3) is 0 Å². The number of carbonyl (C=O) groups is 2. The molecule has 2 aromatic rings. The maximum Gasteiger partial charge on any atom is 0.331 e. The van der Waals surface area contributed by atoms with E-state index in [1.54, 1.807) is 42.5 Å². The van der Waals surface area contributed by atoms with E-state index in [4.69, 9.17) is 4.74 Å². The van der Waals surface area contributed by atoms with E-state index >= 15 is 0 Å². The summed E-state index contributed by atoms with van der Waals surface area (Å²) in [4.78, 5) is 24.0. The summed E-state index contributed by atoms with van der Waals surface area (Å²) in [6.45, 7) is 5.42. The Morgan fingerprint density at radius 3 is 1.92 bits per heavy atom. The van der Waals surface area contributed by atoms with Gasteiger partial charge in [-0.2, -0.15) is 0 Å². The Bertz CT molecular complexity index is 748. The summed E-state index contributed by atoms with van der Waals surface area (Å²) < 4.78 is 5.19. The predicted molar refractivity (Wildman–Crippen MR) is 92.9 cm³/mol. The standard InChI is InChI=1S/C20H20O4/c1-20(2,3)24-18(22)13-6-14-4-7-15(8-5-14)19(23)16-9-11-17(21)12-10-16/h4-13,21H,1-3H3. The zero-order chi connectivity index (χ0) is 17.7. The highest BCUT2D eigenvalue weighted by Gasteiger charge is 2.14. The molecular formula is C20H20O4. The Morgan fingerprint density at radius 2 is 1.42 bits per heavy atom. The summed E-state index contributed by atoms with van der Waals surface area (Å²) in [6.07, 6.45) is 3.00. The van der Waals surface area contributed by atoms with Gasteiger partial charge >= 0.3 is 5.97 Å². The number of phenolic OH excluding ortho intramolecular Hbond substituents is 1. The first-order valence-corrected chi connectivity index (χ1v) is 7.59. The third kappa shape index (κ3) is 5.09. The van der Waals surface area contributed by atoms with Gasteiger partial charge in [-0.15, -0.1) is 0 Å². The van der Waals surface area contributed by atoms with Gasteiger partial charge < -0.3 is 9.84 Å². The van der Waals surface area contributed by atoms with Gasteiger partial charge in [0.2, 0.25) is 0 Å². The van der Waals surface area contributed by atoms with Gasteiger partial charge in [0.1, 0.15) is 11.4 Å². The molecule has 24 heavy (non-hydrogen) atoms. The maximum atomic E-state index is 12.3. The second-order valence-corrected chi connectivity index (χ2v) is 6.36. The minimum absolute atomic E-state index is 0.120. The first-order valence-electron chi connectivity index (χ1n) is 7.59. The normalized spacial score (nSPS) is 11.5. The fourth-order valence-corrected chi connectivity index (χ4v) is 2.03. The van der Waals surface area contributed by atoms with E-state index in [0.29, 0.717) is 11.1 Å². The topological polar surface area (TPSA) is 63.6 Å². The Hall–Kier alpha value is -2.88. The van der Waals surface area contributed by atoms with E-state index in [1.165, 1.54) is 18.2 Å². The first-order chi connectivity index (χ1) is 11.2. The minimum Gasteiger partial charge on any atom is -0.508 e. The predicted octanol–water partition coefficient (Wildman–Crippen LogP) is 3.98. The van der Waals surface area contributed by atoms with Crippen LogP contribution in [0.25, 0.3) is 6.08 Å². The third-order valence-corrected chi connectivity index (χ3v) is 3.12. The summed E-state index contributed by atoms with van der Waals surface area (Å²) in [5.41, 5.74) is 1.31. The van der Waals surface area contributed by atoms with Crippen LogP contribution in [0.5, 0.6) is 5.75 Å². The number of carbonyl (C=O) groups excluding carboxylic acids is 2. The van der Waals surface area contributed by atoms with Crippen molar-refractivity contribution in [1.29, 1.82) is 0 Å². The third-order valence-electron chi connectivity index (χ3n) is 3.12. The lowest BCUT2D eigenvalue weighted by Gasteiger charge is -2.17. The van der Waals surface area contributed by atoms with E-state index in [0.717, 1.165) is 5.56 Å². The van der Waals surface area contributed by atoms with Crippen molar-refractivity contribution in [3.8, 4) is 5.75 Å². The van der Waals surface area contributed by atoms with Crippen LogP contribution in [0.15, 0.2) is 54.6 Å². The molecule has 0 aliphatic carbocycles. The highest BCUT2D eigenvalue weighted by atomic mass is 16.6. The Labute approximate surface area is 141 Å². The molecule has 0 aliphatic heterocycles. The lowest BCUT2D eigenvalue weighted by molar-refractivity contribution is -0.148. The quantitative estimate of drug-likeness (QED) is 0.525. The summed E-state index contributed by atoms with van der Waals surface area (Å²) >= 11 is 0. The lowest BCUT2D eigenvalue weighted by atomic mass is 10.0. The Balaban J connectivity index is 2.06. The molecule has 4 nitrogen and oxygen atoms in total. The van der Waals surface area contributed by atoms with Crippen molar-refractivity contribution in [1.82, 2.24) is 0 Å². The van der Waals surface area contributed by atoms with Crippen LogP contribution < -0.4 is 0 Å². The van der Waals surface area contributed by atoms with Gasteiger partial charge in [0, 0.05) is 17.2 Å². The number of ketones is 1. The van der Waals surface area contributed by atoms with E-state index < -0.39 is 11.6 Å². The summed E-state index contributed by atoms with van der Waals surface area (Å²) in [7, 11) is 0. The van der Waals surface area contributed by atoms with Crippen molar-refractivity contribution in [2.45, 2.75) is 26.4 Å². The van der Waals surface area contributed by atoms with Crippen LogP contribution >= 0.6 is 0 Å². The highest BCUT2D eigenvalue weighted by Crippen LogP contribution is 2.15. The fraction of sp³-hybridized carbons (Fsp3) is 0.200. The molecule has 0 atom stereocenters. The molecule has 0 spiro atoms. The number of benzene rings is 2. The van der Waals surface area contributed by atoms with Crippen LogP contribution in [0, 0.1) is 0 Å². The molecule has 0 fully saturated rings. The van der Waals surface area contributed by atoms with Crippen LogP contribution in [0.4, 0.5) is 0 Å². The molecule has 2 rings (SSSR count). The molecule has 2 aromatic carbocycles. The van der Waals surface area contributed by atoms with Gasteiger partial charge in [0.05, 0.1) is 0 Å². The van der Waals surface area contributed by atoms with Gasteiger partial charge in [-0.3, -0.25) is 4.79 Å². The molecule has 0 amide bonds. The molecule has 0 unspecified atom stereocenters. The number of hydrogen-bond donors (Lipinski definition) is 1. The molecule has 124 valence electrons. The van der Waals surface area contributed by atoms with Crippen LogP contribution in [-0.4, -0.2) is 22.5 Å². The number of rotatable bonds is 4. The smallest absolute Gasteiger partial charge is 0.331 e. The lowest BCUT2D eigenvalue weighted by Crippen LogP contribution is -2.22. The van der Waals surface area contributed by atoms with Crippen LogP contribution in [-0.2, 0) is 9.53 Å². The van der Waals surface area contributed by atoms with Gasteiger partial charge in [-0.05, 0) is 56.7 Å². The molecule has 0 saturated heterocycles. The summed E-state index contributed by atoms with van der Waals surface area (Å²) in [6, 6.07) is 13.0. The largest absolute Gasteiger partial charge is 0.508 e. The number of ether oxygens (including phenoxy) is 1. The molecule has 0 radical (unpaired) electrons.